The highest BCUT2D eigenvalue weighted by Crippen LogP contribution is 2.43. The van der Waals surface area contributed by atoms with Crippen molar-refractivity contribution in [3.05, 3.63) is 144 Å². The maximum Gasteiger partial charge on any atom is 0.0944 e. The minimum absolute atomic E-state index is 0.308. The highest BCUT2D eigenvalue weighted by molar-refractivity contribution is 6.26. The minimum Gasteiger partial charge on any atom is -0.109 e. The zero-order chi connectivity index (χ0) is 19.9. The second-order valence-electron chi connectivity index (χ2n) is 7.45. The fraction of sp³-hybridized carbons (Fsp3) is 0.143. The lowest BCUT2D eigenvalue weighted by Crippen LogP contribution is -2.22. The smallest absolute Gasteiger partial charge is 0.0944 e. The average Bonchev–Trinajstić information content (AvgIpc) is 2.81. The molecule has 4 aromatic carbocycles. The van der Waals surface area contributed by atoms with Crippen molar-refractivity contribution in [3.63, 3.8) is 0 Å². The van der Waals surface area contributed by atoms with Gasteiger partial charge in [-0.25, -0.2) is 0 Å². The van der Waals surface area contributed by atoms with Crippen molar-refractivity contribution >= 4 is 11.6 Å². The number of benzene rings is 4. The Balaban J connectivity index is 1.70. The van der Waals surface area contributed by atoms with Crippen LogP contribution in [0.4, 0.5) is 0 Å². The van der Waals surface area contributed by atoms with Crippen molar-refractivity contribution in [1.82, 2.24) is 0 Å². The third-order valence-electron chi connectivity index (χ3n) is 5.64. The highest BCUT2D eigenvalue weighted by atomic mass is 35.5. The molecule has 0 saturated heterocycles. The van der Waals surface area contributed by atoms with Gasteiger partial charge < -0.3 is 0 Å². The van der Waals surface area contributed by atoms with Gasteiger partial charge in [0.25, 0.3) is 0 Å². The minimum atomic E-state index is -0.551. The number of hydrogen-bond acceptors (Lipinski definition) is 0. The Morgan fingerprint density at radius 1 is 0.517 bits per heavy atom. The Kier molecular flexibility index (Phi) is 6.12. The van der Waals surface area contributed by atoms with E-state index in [9.17, 15) is 0 Å². The van der Waals surface area contributed by atoms with Crippen LogP contribution in [0.15, 0.2) is 121 Å². The van der Waals surface area contributed by atoms with Crippen LogP contribution in [0.2, 0.25) is 0 Å². The summed E-state index contributed by atoms with van der Waals surface area (Å²) in [6.45, 7) is 0. The number of halogens is 1. The van der Waals surface area contributed by atoms with Crippen LogP contribution >= 0.6 is 11.6 Å². The molecule has 144 valence electrons. The topological polar surface area (TPSA) is 0 Å². The monoisotopic (exact) mass is 396 g/mol. The fourth-order valence-electron chi connectivity index (χ4n) is 4.10. The molecule has 4 aromatic rings. The molecule has 0 aliphatic heterocycles. The number of alkyl halides is 1. The van der Waals surface area contributed by atoms with Gasteiger partial charge in [-0.1, -0.05) is 121 Å². The van der Waals surface area contributed by atoms with E-state index in [-0.39, 0.29) is 0 Å². The van der Waals surface area contributed by atoms with Crippen LogP contribution in [0.25, 0.3) is 0 Å². The molecule has 1 heteroatoms. The van der Waals surface area contributed by atoms with Gasteiger partial charge in [0.1, 0.15) is 0 Å². The maximum absolute atomic E-state index is 7.41. The van der Waals surface area contributed by atoms with Crippen molar-refractivity contribution < 1.29 is 0 Å². The fourth-order valence-corrected chi connectivity index (χ4v) is 4.46. The van der Waals surface area contributed by atoms with Gasteiger partial charge >= 0.3 is 0 Å². The molecule has 0 spiro atoms. The SMILES string of the molecule is ClC(CCC(c1ccccc1)c1ccccc1)(c1ccccc1)c1ccccc1. The van der Waals surface area contributed by atoms with E-state index in [4.69, 9.17) is 11.6 Å². The van der Waals surface area contributed by atoms with Crippen molar-refractivity contribution in [2.75, 3.05) is 0 Å². The lowest BCUT2D eigenvalue weighted by Gasteiger charge is -2.31. The first kappa shape index (κ1) is 19.5. The summed E-state index contributed by atoms with van der Waals surface area (Å²) in [5.41, 5.74) is 4.96. The van der Waals surface area contributed by atoms with E-state index in [1.165, 1.54) is 11.1 Å². The Hall–Kier alpha value is -2.83. The molecule has 0 fully saturated rings. The molecule has 0 heterocycles. The van der Waals surface area contributed by atoms with Gasteiger partial charge in [0, 0.05) is 5.92 Å². The lowest BCUT2D eigenvalue weighted by atomic mass is 9.80. The Bertz CT molecular complexity index is 916. The first-order chi connectivity index (χ1) is 14.3. The molecule has 0 aliphatic rings. The van der Waals surface area contributed by atoms with Gasteiger partial charge in [0.15, 0.2) is 0 Å². The van der Waals surface area contributed by atoms with E-state index in [1.54, 1.807) is 0 Å². The third-order valence-corrected chi connectivity index (χ3v) is 6.27. The normalized spacial score (nSPS) is 11.5. The van der Waals surface area contributed by atoms with Crippen LogP contribution in [0.5, 0.6) is 0 Å². The molecule has 0 atom stereocenters. The molecule has 0 bridgehead atoms. The highest BCUT2D eigenvalue weighted by Gasteiger charge is 2.32. The molecular weight excluding hydrogens is 372 g/mol. The van der Waals surface area contributed by atoms with Gasteiger partial charge in [0.2, 0.25) is 0 Å². The van der Waals surface area contributed by atoms with E-state index in [1.807, 2.05) is 12.1 Å². The van der Waals surface area contributed by atoms with Crippen molar-refractivity contribution in [2.45, 2.75) is 23.6 Å². The van der Waals surface area contributed by atoms with E-state index in [0.717, 1.165) is 24.0 Å². The molecule has 0 N–H and O–H groups in total. The summed E-state index contributed by atoms with van der Waals surface area (Å²) < 4.78 is 0. The largest absolute Gasteiger partial charge is 0.109 e. The van der Waals surface area contributed by atoms with Crippen LogP contribution in [0.3, 0.4) is 0 Å². The molecule has 0 unspecified atom stereocenters. The van der Waals surface area contributed by atoms with Gasteiger partial charge in [-0.3, -0.25) is 0 Å². The lowest BCUT2D eigenvalue weighted by molar-refractivity contribution is 0.570. The standard InChI is InChI=1S/C28H25Cl/c29-28(25-17-9-3-10-18-25,26-19-11-4-12-20-26)22-21-27(23-13-5-1-6-14-23)24-15-7-2-8-16-24/h1-20,27H,21-22H2. The van der Waals surface area contributed by atoms with Crippen molar-refractivity contribution in [1.29, 1.82) is 0 Å². The molecule has 29 heavy (non-hydrogen) atoms. The zero-order valence-electron chi connectivity index (χ0n) is 16.4. The van der Waals surface area contributed by atoms with E-state index in [2.05, 4.69) is 109 Å². The summed E-state index contributed by atoms with van der Waals surface area (Å²) in [4.78, 5) is -0.551. The molecule has 0 aliphatic carbocycles. The Morgan fingerprint density at radius 3 is 1.24 bits per heavy atom. The second kappa shape index (κ2) is 9.11. The summed E-state index contributed by atoms with van der Waals surface area (Å²) >= 11 is 7.41. The third kappa shape index (κ3) is 4.44. The Morgan fingerprint density at radius 2 is 0.862 bits per heavy atom. The molecular formula is C28H25Cl. The summed E-state index contributed by atoms with van der Waals surface area (Å²) in [5, 5.41) is 0. The van der Waals surface area contributed by atoms with Crippen LogP contribution in [0, 0.1) is 0 Å². The van der Waals surface area contributed by atoms with Crippen molar-refractivity contribution in [3.8, 4) is 0 Å². The molecule has 0 radical (unpaired) electrons. The van der Waals surface area contributed by atoms with Crippen LogP contribution in [0.1, 0.15) is 41.0 Å². The summed E-state index contributed by atoms with van der Waals surface area (Å²) in [5.74, 6) is 0.308. The molecule has 0 nitrogen and oxygen atoms in total. The number of rotatable bonds is 7. The zero-order valence-corrected chi connectivity index (χ0v) is 17.2. The molecule has 4 rings (SSSR count). The second-order valence-corrected chi connectivity index (χ2v) is 8.09. The van der Waals surface area contributed by atoms with E-state index < -0.39 is 4.87 Å². The van der Waals surface area contributed by atoms with Crippen LogP contribution < -0.4 is 0 Å². The summed E-state index contributed by atoms with van der Waals surface area (Å²) in [6, 6.07) is 42.4. The van der Waals surface area contributed by atoms with Gasteiger partial charge in [0.05, 0.1) is 4.87 Å². The molecule has 0 amide bonds. The Labute approximate surface area is 178 Å². The van der Waals surface area contributed by atoms with E-state index in [0.29, 0.717) is 5.92 Å². The molecule has 0 saturated carbocycles. The van der Waals surface area contributed by atoms with Crippen LogP contribution in [-0.2, 0) is 4.87 Å². The first-order valence-electron chi connectivity index (χ1n) is 10.2. The summed E-state index contributed by atoms with van der Waals surface area (Å²) in [6.07, 6.45) is 1.80. The van der Waals surface area contributed by atoms with Crippen molar-refractivity contribution in [2.24, 2.45) is 0 Å². The van der Waals surface area contributed by atoms with Crippen LogP contribution in [-0.4, -0.2) is 0 Å². The van der Waals surface area contributed by atoms with Gasteiger partial charge in [-0.15, -0.1) is 11.6 Å². The quantitative estimate of drug-likeness (QED) is 0.280. The predicted octanol–water partition coefficient (Wildman–Crippen LogP) is 7.78. The molecule has 0 aromatic heterocycles. The number of hydrogen-bond donors (Lipinski definition) is 0. The maximum atomic E-state index is 7.41. The van der Waals surface area contributed by atoms with E-state index >= 15 is 0 Å². The van der Waals surface area contributed by atoms with Gasteiger partial charge in [-0.2, -0.15) is 0 Å². The summed E-state index contributed by atoms with van der Waals surface area (Å²) in [7, 11) is 0. The van der Waals surface area contributed by atoms with Gasteiger partial charge in [-0.05, 0) is 35.1 Å². The first-order valence-corrected chi connectivity index (χ1v) is 10.5. The average molecular weight is 397 g/mol. The predicted molar refractivity (Wildman–Crippen MR) is 123 cm³/mol.